The first-order valence-corrected chi connectivity index (χ1v) is 10.6. The largest absolute Gasteiger partial charge is 0.456 e. The highest BCUT2D eigenvalue weighted by atomic mass is 35.5. The molecule has 1 aliphatic rings. The lowest BCUT2D eigenvalue weighted by atomic mass is 9.91. The van der Waals surface area contributed by atoms with E-state index in [1.54, 1.807) is 79.7 Å². The fourth-order valence-corrected chi connectivity index (χ4v) is 3.69. The van der Waals surface area contributed by atoms with E-state index < -0.39 is 29.9 Å². The van der Waals surface area contributed by atoms with Crippen LogP contribution in [0.1, 0.15) is 18.1 Å². The number of hydrogen-bond donors (Lipinski definition) is 2. The second kappa shape index (κ2) is 9.25. The summed E-state index contributed by atoms with van der Waals surface area (Å²) in [5, 5.41) is 14.7. The number of amides is 4. The first-order chi connectivity index (χ1) is 16.3. The minimum Gasteiger partial charge on any atom is -0.456 e. The van der Waals surface area contributed by atoms with Gasteiger partial charge in [-0.25, -0.2) is 4.79 Å². The van der Waals surface area contributed by atoms with Gasteiger partial charge in [0.15, 0.2) is 0 Å². The van der Waals surface area contributed by atoms with Crippen LogP contribution in [0.2, 0.25) is 5.02 Å². The van der Waals surface area contributed by atoms with E-state index in [2.05, 4.69) is 10.6 Å². The van der Waals surface area contributed by atoms with Crippen LogP contribution < -0.4 is 15.4 Å². The van der Waals surface area contributed by atoms with Crippen molar-refractivity contribution < 1.29 is 19.1 Å². The number of benzene rings is 3. The van der Waals surface area contributed by atoms with Gasteiger partial charge >= 0.3 is 6.03 Å². The number of urea groups is 1. The molecule has 0 aliphatic carbocycles. The zero-order chi connectivity index (χ0) is 24.3. The van der Waals surface area contributed by atoms with Crippen LogP contribution in [0.15, 0.2) is 72.8 Å². The molecule has 3 aromatic rings. The molecule has 34 heavy (non-hydrogen) atoms. The molecule has 0 unspecified atom stereocenters. The molecule has 0 bridgehead atoms. The van der Waals surface area contributed by atoms with Gasteiger partial charge in [0.25, 0.3) is 5.91 Å². The number of nitrogens with one attached hydrogen (secondary N) is 2. The Morgan fingerprint density at radius 2 is 1.76 bits per heavy atom. The Kier molecular flexibility index (Phi) is 6.21. The molecule has 1 aliphatic heterocycles. The molecule has 1 saturated heterocycles. The van der Waals surface area contributed by atoms with E-state index >= 15 is 0 Å². The summed E-state index contributed by atoms with van der Waals surface area (Å²) < 4.78 is 5.72. The lowest BCUT2D eigenvalue weighted by Crippen LogP contribution is -2.42. The Labute approximate surface area is 200 Å². The van der Waals surface area contributed by atoms with E-state index in [0.29, 0.717) is 33.3 Å². The predicted octanol–water partition coefficient (Wildman–Crippen LogP) is 4.41. The monoisotopic (exact) mass is 474 g/mol. The zero-order valence-corrected chi connectivity index (χ0v) is 18.8. The van der Waals surface area contributed by atoms with Crippen LogP contribution in [0.25, 0.3) is 0 Å². The van der Waals surface area contributed by atoms with Gasteiger partial charge in [0, 0.05) is 5.69 Å². The van der Waals surface area contributed by atoms with Crippen molar-refractivity contribution in [2.45, 2.75) is 12.5 Å². The van der Waals surface area contributed by atoms with E-state index in [1.165, 1.54) is 0 Å². The van der Waals surface area contributed by atoms with E-state index in [9.17, 15) is 14.4 Å². The standard InChI is InChI=1S/C25H19ClN4O4/c1-25(17-8-6-16(14-27)7-9-17)23(32)30(24(33)29-25)15-22(31)28-18-10-12-19(13-11-18)34-21-5-3-2-4-20(21)26/h2-13H,15H2,1H3,(H,28,31)(H,29,33)/t25-/m0/s1. The quantitative estimate of drug-likeness (QED) is 0.514. The Morgan fingerprint density at radius 3 is 2.41 bits per heavy atom. The number of ether oxygens (including phenoxy) is 1. The summed E-state index contributed by atoms with van der Waals surface area (Å²) in [6, 6.07) is 21.3. The van der Waals surface area contributed by atoms with Crippen molar-refractivity contribution in [1.29, 1.82) is 5.26 Å². The summed E-state index contributed by atoms with van der Waals surface area (Å²) >= 11 is 6.09. The summed E-state index contributed by atoms with van der Waals surface area (Å²) in [6.45, 7) is 1.11. The fourth-order valence-electron chi connectivity index (χ4n) is 3.52. The molecule has 1 heterocycles. The zero-order valence-electron chi connectivity index (χ0n) is 18.0. The number of halogens is 1. The van der Waals surface area contributed by atoms with Gasteiger partial charge in [-0.05, 0) is 61.0 Å². The summed E-state index contributed by atoms with van der Waals surface area (Å²) in [4.78, 5) is 38.9. The molecule has 0 spiro atoms. The van der Waals surface area contributed by atoms with Crippen LogP contribution >= 0.6 is 11.6 Å². The topological polar surface area (TPSA) is 112 Å². The van der Waals surface area contributed by atoms with Crippen molar-refractivity contribution in [2.75, 3.05) is 11.9 Å². The number of rotatable bonds is 6. The first-order valence-electron chi connectivity index (χ1n) is 10.3. The molecule has 2 N–H and O–H groups in total. The summed E-state index contributed by atoms with van der Waals surface area (Å²) in [5.74, 6) is -0.0589. The molecule has 3 aromatic carbocycles. The van der Waals surface area contributed by atoms with Crippen molar-refractivity contribution in [3.05, 3.63) is 88.9 Å². The third-order valence-corrected chi connectivity index (χ3v) is 5.68. The van der Waals surface area contributed by atoms with E-state index in [4.69, 9.17) is 21.6 Å². The maximum Gasteiger partial charge on any atom is 0.325 e. The Balaban J connectivity index is 1.39. The number of anilines is 1. The van der Waals surface area contributed by atoms with E-state index in [0.717, 1.165) is 4.90 Å². The van der Waals surface area contributed by atoms with Crippen molar-refractivity contribution >= 4 is 35.1 Å². The fraction of sp³-hybridized carbons (Fsp3) is 0.120. The van der Waals surface area contributed by atoms with Crippen LogP contribution in [0.5, 0.6) is 11.5 Å². The molecular formula is C25H19ClN4O4. The molecule has 8 nitrogen and oxygen atoms in total. The Morgan fingerprint density at radius 1 is 1.09 bits per heavy atom. The van der Waals surface area contributed by atoms with Crippen LogP contribution in [0.3, 0.4) is 0 Å². The molecular weight excluding hydrogens is 456 g/mol. The number of carbonyl (C=O) groups excluding carboxylic acids is 3. The molecule has 0 saturated carbocycles. The van der Waals surface area contributed by atoms with Crippen molar-refractivity contribution in [2.24, 2.45) is 0 Å². The first kappa shape index (κ1) is 22.8. The molecule has 0 radical (unpaired) electrons. The van der Waals surface area contributed by atoms with Crippen LogP contribution in [-0.4, -0.2) is 29.3 Å². The number of imide groups is 1. The van der Waals surface area contributed by atoms with Gasteiger partial charge in [0.05, 0.1) is 16.7 Å². The smallest absolute Gasteiger partial charge is 0.325 e. The highest BCUT2D eigenvalue weighted by Crippen LogP contribution is 2.30. The maximum atomic E-state index is 13.0. The molecule has 4 amide bonds. The number of carbonyl (C=O) groups is 3. The SMILES string of the molecule is C[C@@]1(c2ccc(C#N)cc2)NC(=O)N(CC(=O)Nc2ccc(Oc3ccccc3Cl)cc2)C1=O. The molecule has 4 rings (SSSR count). The molecule has 1 atom stereocenters. The minimum absolute atomic E-state index is 0.434. The third kappa shape index (κ3) is 4.56. The van der Waals surface area contributed by atoms with Gasteiger partial charge in [-0.2, -0.15) is 5.26 Å². The van der Waals surface area contributed by atoms with Gasteiger partial charge in [0.1, 0.15) is 23.6 Å². The molecule has 9 heteroatoms. The molecule has 0 aromatic heterocycles. The summed E-state index contributed by atoms with van der Waals surface area (Å²) in [7, 11) is 0. The average Bonchev–Trinajstić information content (AvgIpc) is 3.05. The van der Waals surface area contributed by atoms with Gasteiger partial charge in [-0.15, -0.1) is 0 Å². The van der Waals surface area contributed by atoms with E-state index in [1.807, 2.05) is 6.07 Å². The maximum absolute atomic E-state index is 13.0. The minimum atomic E-state index is -1.33. The third-order valence-electron chi connectivity index (χ3n) is 5.37. The highest BCUT2D eigenvalue weighted by Gasteiger charge is 2.49. The van der Waals surface area contributed by atoms with Gasteiger partial charge in [0.2, 0.25) is 5.91 Å². The molecule has 170 valence electrons. The van der Waals surface area contributed by atoms with E-state index in [-0.39, 0.29) is 0 Å². The lowest BCUT2D eigenvalue weighted by Gasteiger charge is -2.22. The summed E-state index contributed by atoms with van der Waals surface area (Å²) in [6.07, 6.45) is 0. The second-order valence-electron chi connectivity index (χ2n) is 7.74. The van der Waals surface area contributed by atoms with Crippen LogP contribution in [-0.2, 0) is 15.1 Å². The number of nitriles is 1. The second-order valence-corrected chi connectivity index (χ2v) is 8.15. The van der Waals surface area contributed by atoms with Crippen molar-refractivity contribution in [1.82, 2.24) is 10.2 Å². The van der Waals surface area contributed by atoms with Crippen molar-refractivity contribution in [3.8, 4) is 17.6 Å². The Bertz CT molecular complexity index is 1300. The highest BCUT2D eigenvalue weighted by molar-refractivity contribution is 6.32. The lowest BCUT2D eigenvalue weighted by molar-refractivity contribution is -0.133. The number of para-hydroxylation sites is 1. The molecule has 1 fully saturated rings. The normalized spacial score (nSPS) is 17.1. The van der Waals surface area contributed by atoms with Crippen molar-refractivity contribution in [3.63, 3.8) is 0 Å². The average molecular weight is 475 g/mol. The van der Waals surface area contributed by atoms with Crippen LogP contribution in [0.4, 0.5) is 10.5 Å². The predicted molar refractivity (Wildman–Crippen MR) is 125 cm³/mol. The number of nitrogens with zero attached hydrogens (tertiary/aromatic N) is 2. The van der Waals surface area contributed by atoms with Gasteiger partial charge in [-0.1, -0.05) is 35.9 Å². The van der Waals surface area contributed by atoms with Crippen LogP contribution in [0, 0.1) is 11.3 Å². The Hall–Kier alpha value is -4.35. The number of hydrogen-bond acceptors (Lipinski definition) is 5. The van der Waals surface area contributed by atoms with Gasteiger partial charge < -0.3 is 15.4 Å². The summed E-state index contributed by atoms with van der Waals surface area (Å²) in [5.41, 5.74) is 0.0900. The van der Waals surface area contributed by atoms with Gasteiger partial charge in [-0.3, -0.25) is 14.5 Å².